The molecule has 0 radical (unpaired) electrons. The van der Waals surface area contributed by atoms with Crippen LogP contribution in [0, 0.1) is 13.8 Å². The Morgan fingerprint density at radius 1 is 0.903 bits per heavy atom. The third kappa shape index (κ3) is 4.21. The van der Waals surface area contributed by atoms with Crippen LogP contribution in [0.15, 0.2) is 77.2 Å². The Bertz CT molecular complexity index is 1260. The number of fused-ring (bicyclic) bond motifs is 1. The van der Waals surface area contributed by atoms with E-state index in [9.17, 15) is 9.59 Å². The summed E-state index contributed by atoms with van der Waals surface area (Å²) in [7, 11) is 0. The van der Waals surface area contributed by atoms with E-state index in [2.05, 4.69) is 5.32 Å². The highest BCUT2D eigenvalue weighted by Gasteiger charge is 2.25. The number of hydrogen-bond acceptors (Lipinski definition) is 4. The van der Waals surface area contributed by atoms with Gasteiger partial charge < -0.3 is 14.5 Å². The predicted octanol–water partition coefficient (Wildman–Crippen LogP) is 5.69. The molecular formula is C26H23NO4. The molecule has 0 aliphatic rings. The third-order valence-electron chi connectivity index (χ3n) is 5.25. The second kappa shape index (κ2) is 8.48. The number of amides is 1. The molecule has 0 saturated carbocycles. The maximum Gasteiger partial charge on any atom is 0.265 e. The molecule has 1 unspecified atom stereocenters. The zero-order valence-corrected chi connectivity index (χ0v) is 17.6. The zero-order valence-electron chi connectivity index (χ0n) is 17.6. The standard InChI is InChI=1S/C26H23NO4/c1-16-13-14-20(15-17(16)2)30-18(3)26(29)27-23-21-11-7-8-12-22(21)31-25(23)24(28)19-9-5-4-6-10-19/h4-15,18H,1-3H3,(H,27,29). The van der Waals surface area contributed by atoms with Crippen molar-refractivity contribution in [2.75, 3.05) is 5.32 Å². The minimum absolute atomic E-state index is 0.0964. The summed E-state index contributed by atoms with van der Waals surface area (Å²) in [5.41, 5.74) is 3.60. The molecule has 0 saturated heterocycles. The van der Waals surface area contributed by atoms with E-state index in [1.807, 2.05) is 56.3 Å². The molecule has 4 rings (SSSR count). The average Bonchev–Trinajstić information content (AvgIpc) is 3.14. The van der Waals surface area contributed by atoms with Gasteiger partial charge in [-0.25, -0.2) is 0 Å². The summed E-state index contributed by atoms with van der Waals surface area (Å²) < 4.78 is 11.7. The number of anilines is 1. The number of hydrogen-bond donors (Lipinski definition) is 1. The van der Waals surface area contributed by atoms with Crippen molar-refractivity contribution in [3.8, 4) is 5.75 Å². The first-order chi connectivity index (χ1) is 14.9. The highest BCUT2D eigenvalue weighted by molar-refractivity contribution is 6.17. The number of ether oxygens (including phenoxy) is 1. The van der Waals surface area contributed by atoms with Gasteiger partial charge in [0.05, 0.1) is 5.69 Å². The van der Waals surface area contributed by atoms with E-state index in [4.69, 9.17) is 9.15 Å². The zero-order chi connectivity index (χ0) is 22.0. The minimum atomic E-state index is -0.768. The molecule has 5 nitrogen and oxygen atoms in total. The summed E-state index contributed by atoms with van der Waals surface area (Å²) in [5.74, 6) is 0.0456. The molecule has 31 heavy (non-hydrogen) atoms. The van der Waals surface area contributed by atoms with Gasteiger partial charge in [0.2, 0.25) is 5.78 Å². The summed E-state index contributed by atoms with van der Waals surface area (Å²) in [4.78, 5) is 26.0. The van der Waals surface area contributed by atoms with E-state index < -0.39 is 6.10 Å². The van der Waals surface area contributed by atoms with Gasteiger partial charge in [0.1, 0.15) is 11.3 Å². The molecule has 1 N–H and O–H groups in total. The molecule has 1 amide bonds. The first kappa shape index (κ1) is 20.4. The van der Waals surface area contributed by atoms with Gasteiger partial charge in [-0.1, -0.05) is 48.5 Å². The van der Waals surface area contributed by atoms with Gasteiger partial charge in [0.15, 0.2) is 11.9 Å². The number of ketones is 1. The maximum absolute atomic E-state index is 13.1. The lowest BCUT2D eigenvalue weighted by Crippen LogP contribution is -2.30. The van der Waals surface area contributed by atoms with Crippen molar-refractivity contribution in [1.82, 2.24) is 0 Å². The molecule has 0 fully saturated rings. The summed E-state index contributed by atoms with van der Waals surface area (Å²) in [6.45, 7) is 5.68. The highest BCUT2D eigenvalue weighted by Crippen LogP contribution is 2.32. The van der Waals surface area contributed by atoms with Gasteiger partial charge in [-0.2, -0.15) is 0 Å². The number of carbonyl (C=O) groups excluding carboxylic acids is 2. The monoisotopic (exact) mass is 413 g/mol. The quantitative estimate of drug-likeness (QED) is 0.413. The van der Waals surface area contributed by atoms with E-state index in [-0.39, 0.29) is 17.5 Å². The number of carbonyl (C=O) groups is 2. The van der Waals surface area contributed by atoms with E-state index in [0.29, 0.717) is 28.0 Å². The SMILES string of the molecule is Cc1ccc(OC(C)C(=O)Nc2c(C(=O)c3ccccc3)oc3ccccc23)cc1C. The smallest absolute Gasteiger partial charge is 0.265 e. The number of nitrogens with one attached hydrogen (secondary N) is 1. The molecule has 4 aromatic rings. The summed E-state index contributed by atoms with van der Waals surface area (Å²) in [6.07, 6.45) is -0.768. The molecule has 3 aromatic carbocycles. The third-order valence-corrected chi connectivity index (χ3v) is 5.25. The van der Waals surface area contributed by atoms with Crippen molar-refractivity contribution in [1.29, 1.82) is 0 Å². The van der Waals surface area contributed by atoms with Crippen LogP contribution in [0.5, 0.6) is 5.75 Å². The van der Waals surface area contributed by atoms with Gasteiger partial charge in [-0.05, 0) is 56.2 Å². The second-order valence-corrected chi connectivity index (χ2v) is 7.49. The number of para-hydroxylation sites is 1. The fourth-order valence-electron chi connectivity index (χ4n) is 3.32. The van der Waals surface area contributed by atoms with Crippen molar-refractivity contribution in [3.63, 3.8) is 0 Å². The Balaban J connectivity index is 1.63. The van der Waals surface area contributed by atoms with Crippen molar-refractivity contribution < 1.29 is 18.7 Å². The van der Waals surface area contributed by atoms with Crippen molar-refractivity contribution in [2.24, 2.45) is 0 Å². The van der Waals surface area contributed by atoms with Crippen LogP contribution in [-0.4, -0.2) is 17.8 Å². The van der Waals surface area contributed by atoms with Crippen LogP contribution in [0.3, 0.4) is 0 Å². The van der Waals surface area contributed by atoms with Crippen LogP contribution in [0.2, 0.25) is 0 Å². The van der Waals surface area contributed by atoms with Crippen molar-refractivity contribution in [2.45, 2.75) is 26.9 Å². The maximum atomic E-state index is 13.1. The van der Waals surface area contributed by atoms with Gasteiger partial charge in [0, 0.05) is 10.9 Å². The largest absolute Gasteiger partial charge is 0.481 e. The van der Waals surface area contributed by atoms with Gasteiger partial charge in [0.25, 0.3) is 5.91 Å². The van der Waals surface area contributed by atoms with Gasteiger partial charge >= 0.3 is 0 Å². The fraction of sp³-hybridized carbons (Fsp3) is 0.154. The highest BCUT2D eigenvalue weighted by atomic mass is 16.5. The minimum Gasteiger partial charge on any atom is -0.481 e. The van der Waals surface area contributed by atoms with Gasteiger partial charge in [-0.15, -0.1) is 0 Å². The lowest BCUT2D eigenvalue weighted by Gasteiger charge is -2.15. The molecule has 0 aliphatic carbocycles. The average molecular weight is 413 g/mol. The van der Waals surface area contributed by atoms with E-state index in [0.717, 1.165) is 11.1 Å². The van der Waals surface area contributed by atoms with Gasteiger partial charge in [-0.3, -0.25) is 9.59 Å². The lowest BCUT2D eigenvalue weighted by atomic mass is 10.1. The van der Waals surface area contributed by atoms with Crippen LogP contribution < -0.4 is 10.1 Å². The molecule has 0 aliphatic heterocycles. The van der Waals surface area contributed by atoms with Crippen LogP contribution >= 0.6 is 0 Å². The van der Waals surface area contributed by atoms with Crippen molar-refractivity contribution >= 4 is 28.3 Å². The second-order valence-electron chi connectivity index (χ2n) is 7.49. The Labute approximate surface area is 180 Å². The number of benzene rings is 3. The summed E-state index contributed by atoms with van der Waals surface area (Å²) in [6, 6.07) is 21.8. The summed E-state index contributed by atoms with van der Waals surface area (Å²) >= 11 is 0. The molecule has 0 bridgehead atoms. The molecule has 1 atom stereocenters. The predicted molar refractivity (Wildman–Crippen MR) is 121 cm³/mol. The van der Waals surface area contributed by atoms with Crippen LogP contribution in [0.25, 0.3) is 11.0 Å². The van der Waals surface area contributed by atoms with E-state index >= 15 is 0 Å². The van der Waals surface area contributed by atoms with Crippen LogP contribution in [0.1, 0.15) is 34.2 Å². The van der Waals surface area contributed by atoms with E-state index in [1.54, 1.807) is 37.3 Å². The molecular weight excluding hydrogens is 390 g/mol. The topological polar surface area (TPSA) is 68.5 Å². The normalized spacial score (nSPS) is 11.8. The fourth-order valence-corrected chi connectivity index (χ4v) is 3.32. The van der Waals surface area contributed by atoms with Crippen molar-refractivity contribution in [3.05, 3.63) is 95.2 Å². The number of rotatable bonds is 6. The molecule has 1 aromatic heterocycles. The van der Waals surface area contributed by atoms with Crippen LogP contribution in [0.4, 0.5) is 5.69 Å². The lowest BCUT2D eigenvalue weighted by molar-refractivity contribution is -0.122. The Hall–Kier alpha value is -3.86. The Kier molecular flexibility index (Phi) is 5.58. The van der Waals surface area contributed by atoms with Crippen LogP contribution in [-0.2, 0) is 4.79 Å². The van der Waals surface area contributed by atoms with E-state index in [1.165, 1.54) is 0 Å². The molecule has 156 valence electrons. The molecule has 5 heteroatoms. The Morgan fingerprint density at radius 2 is 1.61 bits per heavy atom. The first-order valence-corrected chi connectivity index (χ1v) is 10.1. The summed E-state index contributed by atoms with van der Waals surface area (Å²) in [5, 5.41) is 3.51. The number of furan rings is 1. The Morgan fingerprint density at radius 3 is 2.35 bits per heavy atom. The first-order valence-electron chi connectivity index (χ1n) is 10.1. The molecule has 1 heterocycles. The molecule has 0 spiro atoms. The number of aryl methyl sites for hydroxylation is 2.